The van der Waals surface area contributed by atoms with E-state index in [4.69, 9.17) is 14.5 Å². The number of rotatable bonds is 6. The lowest BCUT2D eigenvalue weighted by Crippen LogP contribution is -2.59. The summed E-state index contributed by atoms with van der Waals surface area (Å²) in [7, 11) is -3.47. The van der Waals surface area contributed by atoms with Crippen molar-refractivity contribution in [3.8, 4) is 0 Å². The first kappa shape index (κ1) is 20.5. The molecular formula is C23H28O5S. The van der Waals surface area contributed by atoms with Gasteiger partial charge in [0, 0.05) is 0 Å². The van der Waals surface area contributed by atoms with Crippen LogP contribution in [0.4, 0.5) is 0 Å². The monoisotopic (exact) mass is 416 g/mol. The van der Waals surface area contributed by atoms with Crippen LogP contribution in [0.5, 0.6) is 0 Å². The van der Waals surface area contributed by atoms with E-state index in [1.165, 1.54) is 0 Å². The van der Waals surface area contributed by atoms with Crippen LogP contribution in [0.1, 0.15) is 38.7 Å². The summed E-state index contributed by atoms with van der Waals surface area (Å²) in [5.41, 5.74) is -0.205. The van der Waals surface area contributed by atoms with Crippen LogP contribution in [-0.4, -0.2) is 31.5 Å². The maximum Gasteiger partial charge on any atom is 0.181 e. The Labute approximate surface area is 172 Å². The van der Waals surface area contributed by atoms with Crippen LogP contribution >= 0.6 is 0 Å². The van der Waals surface area contributed by atoms with Crippen LogP contribution < -0.4 is 0 Å². The van der Waals surface area contributed by atoms with Crippen molar-refractivity contribution in [3.05, 3.63) is 66.2 Å². The summed E-state index contributed by atoms with van der Waals surface area (Å²) in [6.45, 7) is 4.42. The van der Waals surface area contributed by atoms with Crippen LogP contribution in [0.25, 0.3) is 0 Å². The lowest BCUT2D eigenvalue weighted by molar-refractivity contribution is -0.444. The largest absolute Gasteiger partial charge is 0.368 e. The van der Waals surface area contributed by atoms with Gasteiger partial charge in [0.2, 0.25) is 0 Å². The van der Waals surface area contributed by atoms with Gasteiger partial charge >= 0.3 is 0 Å². The molecular weight excluding hydrogens is 388 g/mol. The van der Waals surface area contributed by atoms with Gasteiger partial charge in [-0.3, -0.25) is 0 Å². The number of hydrogen-bond acceptors (Lipinski definition) is 5. The van der Waals surface area contributed by atoms with Gasteiger partial charge in [-0.2, -0.15) is 0 Å². The molecule has 2 bridgehead atoms. The normalized spacial score (nSPS) is 32.1. The Morgan fingerprint density at radius 3 is 2.38 bits per heavy atom. The van der Waals surface area contributed by atoms with Crippen LogP contribution in [0, 0.1) is 5.92 Å². The van der Waals surface area contributed by atoms with Crippen molar-refractivity contribution in [1.82, 2.24) is 0 Å². The van der Waals surface area contributed by atoms with Crippen molar-refractivity contribution in [1.29, 1.82) is 0 Å². The SMILES string of the molecule is C[C@@]1(OCc2ccccc2)CC[C@@H]2C[C@H]1OO[C@@]2(C)CS(=O)(=O)c1ccccc1. The average molecular weight is 417 g/mol. The number of ether oxygens (including phenoxy) is 1. The molecule has 2 aromatic rings. The molecule has 2 aliphatic rings. The van der Waals surface area contributed by atoms with Gasteiger partial charge in [-0.15, -0.1) is 0 Å². The number of fused-ring (bicyclic) bond motifs is 2. The third-order valence-corrected chi connectivity index (χ3v) is 8.32. The minimum atomic E-state index is -3.47. The molecule has 1 aliphatic carbocycles. The molecule has 4 atom stereocenters. The topological polar surface area (TPSA) is 61.8 Å². The fourth-order valence-electron chi connectivity index (χ4n) is 4.40. The predicted molar refractivity (Wildman–Crippen MR) is 110 cm³/mol. The second kappa shape index (κ2) is 7.84. The van der Waals surface area contributed by atoms with Crippen LogP contribution in [-0.2, 0) is 31.0 Å². The highest BCUT2D eigenvalue weighted by molar-refractivity contribution is 7.91. The van der Waals surface area contributed by atoms with E-state index in [9.17, 15) is 8.42 Å². The molecule has 0 unspecified atom stereocenters. The van der Waals surface area contributed by atoms with Crippen molar-refractivity contribution < 1.29 is 22.9 Å². The molecule has 0 spiro atoms. The van der Waals surface area contributed by atoms with E-state index < -0.39 is 21.0 Å². The van der Waals surface area contributed by atoms with Crippen LogP contribution in [0.3, 0.4) is 0 Å². The van der Waals surface area contributed by atoms with E-state index >= 15 is 0 Å². The van der Waals surface area contributed by atoms with E-state index in [0.717, 1.165) is 24.8 Å². The zero-order chi connectivity index (χ0) is 20.5. The smallest absolute Gasteiger partial charge is 0.181 e. The van der Waals surface area contributed by atoms with Crippen molar-refractivity contribution in [2.75, 3.05) is 5.75 Å². The Morgan fingerprint density at radius 1 is 1.03 bits per heavy atom. The van der Waals surface area contributed by atoms with Gasteiger partial charge in [-0.25, -0.2) is 18.2 Å². The molecule has 156 valence electrons. The van der Waals surface area contributed by atoms with E-state index in [-0.39, 0.29) is 17.8 Å². The molecule has 29 heavy (non-hydrogen) atoms. The van der Waals surface area contributed by atoms with E-state index in [2.05, 4.69) is 6.92 Å². The summed E-state index contributed by atoms with van der Waals surface area (Å²) in [6, 6.07) is 18.6. The molecule has 0 N–H and O–H groups in total. The van der Waals surface area contributed by atoms with Crippen molar-refractivity contribution in [2.24, 2.45) is 5.92 Å². The molecule has 0 aromatic heterocycles. The molecule has 1 heterocycles. The minimum Gasteiger partial charge on any atom is -0.368 e. The fourth-order valence-corrected chi connectivity index (χ4v) is 6.17. The predicted octanol–water partition coefficient (Wildman–Crippen LogP) is 4.33. The summed E-state index contributed by atoms with van der Waals surface area (Å²) in [4.78, 5) is 11.9. The van der Waals surface area contributed by atoms with Crippen LogP contribution in [0.2, 0.25) is 0 Å². The highest BCUT2D eigenvalue weighted by atomic mass is 32.2. The lowest BCUT2D eigenvalue weighted by atomic mass is 9.71. The van der Waals surface area contributed by atoms with E-state index in [1.807, 2.05) is 43.3 Å². The number of hydrogen-bond donors (Lipinski definition) is 0. The molecule has 1 saturated carbocycles. The summed E-state index contributed by atoms with van der Waals surface area (Å²) >= 11 is 0. The first-order chi connectivity index (χ1) is 13.8. The van der Waals surface area contributed by atoms with E-state index in [1.54, 1.807) is 24.3 Å². The number of benzene rings is 2. The van der Waals surface area contributed by atoms with Gasteiger partial charge in [0.05, 0.1) is 22.9 Å². The van der Waals surface area contributed by atoms with Crippen LogP contribution in [0.15, 0.2) is 65.6 Å². The second-order valence-corrected chi connectivity index (χ2v) is 10.6. The highest BCUT2D eigenvalue weighted by Crippen LogP contribution is 2.47. The Balaban J connectivity index is 1.43. The quantitative estimate of drug-likeness (QED) is 0.656. The third kappa shape index (κ3) is 4.26. The molecule has 5 nitrogen and oxygen atoms in total. The van der Waals surface area contributed by atoms with Crippen molar-refractivity contribution in [2.45, 2.75) is 61.9 Å². The Hall–Kier alpha value is -1.73. The summed E-state index contributed by atoms with van der Waals surface area (Å²) in [5, 5.41) is 0. The summed E-state index contributed by atoms with van der Waals surface area (Å²) in [6.07, 6.45) is 2.16. The maximum absolute atomic E-state index is 12.9. The van der Waals surface area contributed by atoms with Gasteiger partial charge in [0.1, 0.15) is 11.7 Å². The summed E-state index contributed by atoms with van der Waals surface area (Å²) in [5.74, 6) is 0.0105. The average Bonchev–Trinajstić information content (AvgIpc) is 2.72. The summed E-state index contributed by atoms with van der Waals surface area (Å²) < 4.78 is 32.0. The molecule has 2 fully saturated rings. The Kier molecular flexibility index (Phi) is 5.55. The van der Waals surface area contributed by atoms with Gasteiger partial charge < -0.3 is 4.74 Å². The molecule has 0 amide bonds. The molecule has 4 rings (SSSR count). The first-order valence-corrected chi connectivity index (χ1v) is 11.8. The zero-order valence-corrected chi connectivity index (χ0v) is 17.7. The second-order valence-electron chi connectivity index (χ2n) is 8.61. The van der Waals surface area contributed by atoms with Crippen molar-refractivity contribution >= 4 is 9.84 Å². The maximum atomic E-state index is 12.9. The first-order valence-electron chi connectivity index (χ1n) is 10.1. The molecule has 1 aliphatic heterocycles. The molecule has 0 radical (unpaired) electrons. The Morgan fingerprint density at radius 2 is 1.69 bits per heavy atom. The lowest BCUT2D eigenvalue weighted by Gasteiger charge is -2.52. The molecule has 1 saturated heterocycles. The fraction of sp³-hybridized carbons (Fsp3) is 0.478. The Bertz CT molecular complexity index is 930. The highest BCUT2D eigenvalue weighted by Gasteiger charge is 2.54. The standard InChI is InChI=1S/C23H28O5S/c1-22(26-16-18-9-5-3-6-10-18)14-13-19-15-21(22)27-28-23(19,2)17-29(24,25)20-11-7-4-8-12-20/h3-12,19,21H,13-17H2,1-2H3/t19-,21-,22-,23+/m1/s1. The van der Waals surface area contributed by atoms with Gasteiger partial charge in [0.25, 0.3) is 0 Å². The zero-order valence-electron chi connectivity index (χ0n) is 16.9. The van der Waals surface area contributed by atoms with Gasteiger partial charge in [0.15, 0.2) is 9.84 Å². The van der Waals surface area contributed by atoms with Gasteiger partial charge in [-0.05, 0) is 56.7 Å². The molecule has 6 heteroatoms. The minimum absolute atomic E-state index is 0.0943. The van der Waals surface area contributed by atoms with Crippen molar-refractivity contribution in [3.63, 3.8) is 0 Å². The third-order valence-electron chi connectivity index (χ3n) is 6.38. The molecule has 2 aromatic carbocycles. The van der Waals surface area contributed by atoms with E-state index in [0.29, 0.717) is 11.5 Å². The van der Waals surface area contributed by atoms with Gasteiger partial charge in [-0.1, -0.05) is 48.5 Å². The number of sulfone groups is 1.